The van der Waals surface area contributed by atoms with Crippen LogP contribution in [-0.2, 0) is 6.61 Å². The van der Waals surface area contributed by atoms with Gasteiger partial charge in [0.2, 0.25) is 0 Å². The quantitative estimate of drug-likeness (QED) is 0.722. The monoisotopic (exact) mass is 235 g/mol. The van der Waals surface area contributed by atoms with E-state index in [1.54, 1.807) is 12.1 Å². The average Bonchev–Trinajstić information content (AvgIpc) is 2.74. The number of carboxylic acids is 1. The number of phenolic OH excluding ortho intramolecular Hbond substituents is 1. The van der Waals surface area contributed by atoms with Crippen molar-refractivity contribution in [2.45, 2.75) is 6.61 Å². The van der Waals surface area contributed by atoms with Gasteiger partial charge in [0, 0.05) is 6.07 Å². The van der Waals surface area contributed by atoms with E-state index in [9.17, 15) is 9.90 Å². The molecule has 88 valence electrons. The summed E-state index contributed by atoms with van der Waals surface area (Å²) < 4.78 is 5.28. The van der Waals surface area contributed by atoms with Crippen LogP contribution in [0.25, 0.3) is 0 Å². The van der Waals surface area contributed by atoms with E-state index >= 15 is 0 Å². The molecule has 0 fully saturated rings. The van der Waals surface area contributed by atoms with Gasteiger partial charge < -0.3 is 14.9 Å². The molecule has 0 unspecified atom stereocenters. The first-order chi connectivity index (χ1) is 8.16. The molecule has 17 heavy (non-hydrogen) atoms. The minimum atomic E-state index is -1.17. The fourth-order valence-corrected chi connectivity index (χ4v) is 1.25. The van der Waals surface area contributed by atoms with Crippen molar-refractivity contribution in [3.8, 4) is 11.5 Å². The third kappa shape index (κ3) is 2.51. The number of aromatic nitrogens is 3. The molecule has 3 N–H and O–H groups in total. The molecule has 0 radical (unpaired) electrons. The van der Waals surface area contributed by atoms with E-state index in [4.69, 9.17) is 9.84 Å². The Bertz CT molecular complexity index is 538. The fourth-order valence-electron chi connectivity index (χ4n) is 1.25. The van der Waals surface area contributed by atoms with E-state index in [1.165, 1.54) is 12.1 Å². The van der Waals surface area contributed by atoms with E-state index in [0.29, 0.717) is 5.75 Å². The van der Waals surface area contributed by atoms with E-state index in [2.05, 4.69) is 15.4 Å². The number of ether oxygens (including phenoxy) is 1. The number of nitrogens with zero attached hydrogens (tertiary/aromatic N) is 2. The molecule has 2 rings (SSSR count). The Labute approximate surface area is 95.7 Å². The maximum atomic E-state index is 10.7. The SMILES string of the molecule is O=C(O)c1n[nH]nc1COc1cccc(O)c1. The number of aromatic carboxylic acids is 1. The van der Waals surface area contributed by atoms with Crippen LogP contribution in [0.15, 0.2) is 24.3 Å². The molecular formula is C10H9N3O4. The molecule has 0 aliphatic rings. The number of benzene rings is 1. The Balaban J connectivity index is 2.07. The molecule has 0 aliphatic carbocycles. The zero-order chi connectivity index (χ0) is 12.3. The lowest BCUT2D eigenvalue weighted by Gasteiger charge is -2.04. The zero-order valence-corrected chi connectivity index (χ0v) is 8.62. The standard InChI is InChI=1S/C10H9N3O4/c14-6-2-1-3-7(4-6)17-5-8-9(10(15)16)12-13-11-8/h1-4,14H,5H2,(H,15,16)(H,11,12,13). The molecule has 7 nitrogen and oxygen atoms in total. The molecule has 0 saturated carbocycles. The summed E-state index contributed by atoms with van der Waals surface area (Å²) in [5.41, 5.74) is 0.0194. The zero-order valence-electron chi connectivity index (χ0n) is 8.62. The molecule has 0 bridgehead atoms. The normalized spacial score (nSPS) is 10.1. The number of carboxylic acid groups (broad SMARTS) is 1. The average molecular weight is 235 g/mol. The summed E-state index contributed by atoms with van der Waals surface area (Å²) in [6, 6.07) is 6.18. The first-order valence-electron chi connectivity index (χ1n) is 4.71. The smallest absolute Gasteiger partial charge is 0.358 e. The van der Waals surface area contributed by atoms with Gasteiger partial charge in [-0.1, -0.05) is 6.07 Å². The summed E-state index contributed by atoms with van der Waals surface area (Å²) in [5, 5.41) is 27.4. The Kier molecular flexibility index (Phi) is 2.91. The molecule has 0 saturated heterocycles. The highest BCUT2D eigenvalue weighted by atomic mass is 16.5. The molecule has 1 aromatic carbocycles. The van der Waals surface area contributed by atoms with Gasteiger partial charge in [-0.05, 0) is 12.1 Å². The molecule has 1 aromatic heterocycles. The van der Waals surface area contributed by atoms with Crippen molar-refractivity contribution < 1.29 is 19.7 Å². The van der Waals surface area contributed by atoms with E-state index < -0.39 is 5.97 Å². The van der Waals surface area contributed by atoms with Crippen LogP contribution in [0.3, 0.4) is 0 Å². The Morgan fingerprint density at radius 1 is 1.41 bits per heavy atom. The second-order valence-corrected chi connectivity index (χ2v) is 3.21. The van der Waals surface area contributed by atoms with Crippen molar-refractivity contribution in [2.75, 3.05) is 0 Å². The van der Waals surface area contributed by atoms with Crippen molar-refractivity contribution >= 4 is 5.97 Å². The summed E-state index contributed by atoms with van der Waals surface area (Å²) >= 11 is 0. The lowest BCUT2D eigenvalue weighted by molar-refractivity contribution is 0.0687. The molecular weight excluding hydrogens is 226 g/mol. The lowest BCUT2D eigenvalue weighted by atomic mass is 10.3. The van der Waals surface area contributed by atoms with Crippen molar-refractivity contribution in [2.24, 2.45) is 0 Å². The minimum Gasteiger partial charge on any atom is -0.508 e. The first-order valence-corrected chi connectivity index (χ1v) is 4.71. The molecule has 0 aliphatic heterocycles. The minimum absolute atomic E-state index is 0.0401. The van der Waals surface area contributed by atoms with Gasteiger partial charge in [-0.25, -0.2) is 4.79 Å². The number of H-pyrrole nitrogens is 1. The highest BCUT2D eigenvalue weighted by Crippen LogP contribution is 2.18. The molecule has 0 atom stereocenters. The van der Waals surface area contributed by atoms with Gasteiger partial charge >= 0.3 is 5.97 Å². The summed E-state index contributed by atoms with van der Waals surface area (Å²) in [5.74, 6) is -0.682. The van der Waals surface area contributed by atoms with Gasteiger partial charge in [0.25, 0.3) is 0 Å². The number of hydrogen-bond donors (Lipinski definition) is 3. The third-order valence-corrected chi connectivity index (χ3v) is 2.02. The second-order valence-electron chi connectivity index (χ2n) is 3.21. The largest absolute Gasteiger partial charge is 0.508 e. The highest BCUT2D eigenvalue weighted by Gasteiger charge is 2.15. The molecule has 7 heteroatoms. The summed E-state index contributed by atoms with van der Waals surface area (Å²) in [6.45, 7) is -0.0401. The van der Waals surface area contributed by atoms with Crippen LogP contribution >= 0.6 is 0 Å². The van der Waals surface area contributed by atoms with Crippen LogP contribution < -0.4 is 4.74 Å². The molecule has 1 heterocycles. The molecule has 0 spiro atoms. The number of rotatable bonds is 4. The first kappa shape index (κ1) is 10.9. The van der Waals surface area contributed by atoms with Crippen LogP contribution in [0.5, 0.6) is 11.5 Å². The van der Waals surface area contributed by atoms with Crippen molar-refractivity contribution in [1.29, 1.82) is 0 Å². The summed E-state index contributed by atoms with van der Waals surface area (Å²) in [6.07, 6.45) is 0. The lowest BCUT2D eigenvalue weighted by Crippen LogP contribution is -2.05. The van der Waals surface area contributed by atoms with Crippen LogP contribution in [-0.4, -0.2) is 31.6 Å². The van der Waals surface area contributed by atoms with Gasteiger partial charge in [-0.15, -0.1) is 5.10 Å². The predicted octanol–water partition coefficient (Wildman–Crippen LogP) is 0.787. The van der Waals surface area contributed by atoms with E-state index in [1.807, 2.05) is 0 Å². The van der Waals surface area contributed by atoms with Crippen molar-refractivity contribution in [3.05, 3.63) is 35.7 Å². The maximum absolute atomic E-state index is 10.7. The Hall–Kier alpha value is -2.57. The highest BCUT2D eigenvalue weighted by molar-refractivity contribution is 5.86. The number of hydrogen-bond acceptors (Lipinski definition) is 5. The van der Waals surface area contributed by atoms with Crippen LogP contribution in [0, 0.1) is 0 Å². The van der Waals surface area contributed by atoms with Gasteiger partial charge in [0.15, 0.2) is 5.69 Å². The second kappa shape index (κ2) is 4.52. The van der Waals surface area contributed by atoms with E-state index in [0.717, 1.165) is 0 Å². The van der Waals surface area contributed by atoms with Crippen molar-refractivity contribution in [3.63, 3.8) is 0 Å². The third-order valence-electron chi connectivity index (χ3n) is 2.02. The Morgan fingerprint density at radius 2 is 2.24 bits per heavy atom. The fraction of sp³-hybridized carbons (Fsp3) is 0.100. The van der Waals surface area contributed by atoms with Gasteiger partial charge in [-0.2, -0.15) is 10.3 Å². The van der Waals surface area contributed by atoms with E-state index in [-0.39, 0.29) is 23.7 Å². The molecule has 2 aromatic rings. The number of nitrogens with one attached hydrogen (secondary N) is 1. The summed E-state index contributed by atoms with van der Waals surface area (Å²) in [4.78, 5) is 10.7. The number of aromatic amines is 1. The van der Waals surface area contributed by atoms with Crippen molar-refractivity contribution in [1.82, 2.24) is 15.4 Å². The van der Waals surface area contributed by atoms with Gasteiger partial charge in [0.05, 0.1) is 0 Å². The Morgan fingerprint density at radius 3 is 2.94 bits per heavy atom. The summed E-state index contributed by atoms with van der Waals surface area (Å²) in [7, 11) is 0. The topological polar surface area (TPSA) is 108 Å². The van der Waals surface area contributed by atoms with Crippen LogP contribution in [0.2, 0.25) is 0 Å². The number of aromatic hydroxyl groups is 1. The van der Waals surface area contributed by atoms with Crippen LogP contribution in [0.1, 0.15) is 16.2 Å². The van der Waals surface area contributed by atoms with Gasteiger partial charge in [-0.3, -0.25) is 0 Å². The van der Waals surface area contributed by atoms with Crippen LogP contribution in [0.4, 0.5) is 0 Å². The number of carbonyl (C=O) groups is 1. The van der Waals surface area contributed by atoms with Gasteiger partial charge in [0.1, 0.15) is 23.8 Å². The maximum Gasteiger partial charge on any atom is 0.358 e. The predicted molar refractivity (Wildman–Crippen MR) is 55.8 cm³/mol. The number of phenols is 1. The molecule has 0 amide bonds.